The SMILES string of the molecule is CCCOC1(c2ccc(F)cc2)CCC(=O)CC1. The highest BCUT2D eigenvalue weighted by atomic mass is 19.1. The van der Waals surface area contributed by atoms with Gasteiger partial charge in [-0.05, 0) is 37.0 Å². The Balaban J connectivity index is 2.23. The zero-order valence-electron chi connectivity index (χ0n) is 10.7. The van der Waals surface area contributed by atoms with Gasteiger partial charge in [-0.3, -0.25) is 4.79 Å². The summed E-state index contributed by atoms with van der Waals surface area (Å²) < 4.78 is 19.0. The first-order valence-corrected chi connectivity index (χ1v) is 6.58. The summed E-state index contributed by atoms with van der Waals surface area (Å²) in [6.07, 6.45) is 3.47. The van der Waals surface area contributed by atoms with Gasteiger partial charge in [0.15, 0.2) is 0 Å². The van der Waals surface area contributed by atoms with Crippen molar-refractivity contribution in [2.45, 2.75) is 44.6 Å². The number of ketones is 1. The monoisotopic (exact) mass is 250 g/mol. The van der Waals surface area contributed by atoms with Crippen LogP contribution in [-0.2, 0) is 15.1 Å². The molecule has 98 valence electrons. The predicted molar refractivity (Wildman–Crippen MR) is 67.8 cm³/mol. The highest BCUT2D eigenvalue weighted by Gasteiger charge is 2.37. The molecule has 0 saturated heterocycles. The molecule has 0 bridgehead atoms. The number of halogens is 1. The summed E-state index contributed by atoms with van der Waals surface area (Å²) in [6, 6.07) is 6.48. The van der Waals surface area contributed by atoms with Gasteiger partial charge in [0, 0.05) is 19.4 Å². The molecule has 1 aliphatic carbocycles. The Hall–Kier alpha value is -1.22. The molecule has 0 spiro atoms. The van der Waals surface area contributed by atoms with Gasteiger partial charge >= 0.3 is 0 Å². The quantitative estimate of drug-likeness (QED) is 0.816. The largest absolute Gasteiger partial charge is 0.370 e. The van der Waals surface area contributed by atoms with E-state index in [1.165, 1.54) is 12.1 Å². The topological polar surface area (TPSA) is 26.3 Å². The maximum atomic E-state index is 13.0. The standard InChI is InChI=1S/C15H19FO2/c1-2-11-18-15(9-7-14(17)8-10-15)12-3-5-13(16)6-4-12/h3-6H,2,7-11H2,1H3. The minimum absolute atomic E-state index is 0.240. The molecular weight excluding hydrogens is 231 g/mol. The van der Waals surface area contributed by atoms with Crippen molar-refractivity contribution in [1.29, 1.82) is 0 Å². The van der Waals surface area contributed by atoms with Gasteiger partial charge in [-0.2, -0.15) is 0 Å². The third-order valence-corrected chi connectivity index (χ3v) is 3.57. The normalized spacial score (nSPS) is 18.9. The molecule has 2 nitrogen and oxygen atoms in total. The first kappa shape index (κ1) is 13.2. The molecule has 0 radical (unpaired) electrons. The van der Waals surface area contributed by atoms with E-state index in [2.05, 4.69) is 6.92 Å². The van der Waals surface area contributed by atoms with Crippen molar-refractivity contribution in [3.05, 3.63) is 35.6 Å². The average molecular weight is 250 g/mol. The van der Waals surface area contributed by atoms with Crippen LogP contribution in [0.25, 0.3) is 0 Å². The third-order valence-electron chi connectivity index (χ3n) is 3.57. The molecule has 0 aromatic heterocycles. The van der Waals surface area contributed by atoms with E-state index in [0.29, 0.717) is 38.1 Å². The van der Waals surface area contributed by atoms with Crippen LogP contribution in [0.4, 0.5) is 4.39 Å². The van der Waals surface area contributed by atoms with Crippen molar-refractivity contribution in [1.82, 2.24) is 0 Å². The maximum absolute atomic E-state index is 13.0. The lowest BCUT2D eigenvalue weighted by Gasteiger charge is -2.37. The highest BCUT2D eigenvalue weighted by Crippen LogP contribution is 2.39. The van der Waals surface area contributed by atoms with Gasteiger partial charge in [0.1, 0.15) is 11.6 Å². The Morgan fingerprint density at radius 1 is 1.22 bits per heavy atom. The lowest BCUT2D eigenvalue weighted by Crippen LogP contribution is -2.35. The minimum Gasteiger partial charge on any atom is -0.370 e. The zero-order chi connectivity index (χ0) is 13.0. The van der Waals surface area contributed by atoms with Crippen molar-refractivity contribution < 1.29 is 13.9 Å². The molecule has 0 atom stereocenters. The second-order valence-corrected chi connectivity index (χ2v) is 4.89. The Bertz CT molecular complexity index is 401. The average Bonchev–Trinajstić information content (AvgIpc) is 2.40. The summed E-state index contributed by atoms with van der Waals surface area (Å²) in [6.45, 7) is 2.73. The fraction of sp³-hybridized carbons (Fsp3) is 0.533. The van der Waals surface area contributed by atoms with E-state index >= 15 is 0 Å². The van der Waals surface area contributed by atoms with Crippen molar-refractivity contribution >= 4 is 5.78 Å². The molecule has 1 fully saturated rings. The molecule has 1 saturated carbocycles. The van der Waals surface area contributed by atoms with Gasteiger partial charge in [0.2, 0.25) is 0 Å². The van der Waals surface area contributed by atoms with Crippen LogP contribution in [0.15, 0.2) is 24.3 Å². The van der Waals surface area contributed by atoms with Gasteiger partial charge in [-0.1, -0.05) is 19.1 Å². The van der Waals surface area contributed by atoms with Gasteiger partial charge in [-0.25, -0.2) is 4.39 Å². The van der Waals surface area contributed by atoms with E-state index in [9.17, 15) is 9.18 Å². The number of hydrogen-bond acceptors (Lipinski definition) is 2. The first-order valence-electron chi connectivity index (χ1n) is 6.58. The van der Waals surface area contributed by atoms with Crippen molar-refractivity contribution in [3.63, 3.8) is 0 Å². The van der Waals surface area contributed by atoms with Crippen LogP contribution in [0.2, 0.25) is 0 Å². The van der Waals surface area contributed by atoms with E-state index < -0.39 is 5.60 Å². The minimum atomic E-state index is -0.391. The van der Waals surface area contributed by atoms with Gasteiger partial charge in [0.05, 0.1) is 5.60 Å². The molecule has 0 N–H and O–H groups in total. The third kappa shape index (κ3) is 2.78. The van der Waals surface area contributed by atoms with Gasteiger partial charge in [0.25, 0.3) is 0 Å². The molecule has 0 aliphatic heterocycles. The molecule has 0 unspecified atom stereocenters. The Labute approximate surface area is 107 Å². The van der Waals surface area contributed by atoms with E-state index in [1.807, 2.05) is 0 Å². The zero-order valence-corrected chi connectivity index (χ0v) is 10.7. The first-order chi connectivity index (χ1) is 8.66. The number of ether oxygens (including phenoxy) is 1. The van der Waals surface area contributed by atoms with Crippen LogP contribution in [0.1, 0.15) is 44.6 Å². The fourth-order valence-electron chi connectivity index (χ4n) is 2.50. The number of carbonyl (C=O) groups excluding carboxylic acids is 1. The molecule has 1 aromatic carbocycles. The molecule has 0 amide bonds. The van der Waals surface area contributed by atoms with Crippen LogP contribution in [0, 0.1) is 5.82 Å². The number of benzene rings is 1. The molecule has 2 rings (SSSR count). The van der Waals surface area contributed by atoms with E-state index in [-0.39, 0.29) is 5.82 Å². The number of Topliss-reactive ketones (excluding diaryl/α,β-unsaturated/α-hetero) is 1. The predicted octanol–water partition coefficient (Wildman–Crippen LogP) is 3.59. The highest BCUT2D eigenvalue weighted by molar-refractivity contribution is 5.79. The Morgan fingerprint density at radius 3 is 2.39 bits per heavy atom. The summed E-state index contributed by atoms with van der Waals surface area (Å²) in [5.74, 6) is 0.0594. The van der Waals surface area contributed by atoms with Gasteiger partial charge in [-0.15, -0.1) is 0 Å². The molecular formula is C15H19FO2. The molecule has 0 heterocycles. The second-order valence-electron chi connectivity index (χ2n) is 4.89. The lowest BCUT2D eigenvalue weighted by atomic mass is 9.79. The summed E-state index contributed by atoms with van der Waals surface area (Å²) in [5, 5.41) is 0. The maximum Gasteiger partial charge on any atom is 0.133 e. The van der Waals surface area contributed by atoms with E-state index in [1.54, 1.807) is 12.1 Å². The fourth-order valence-corrected chi connectivity index (χ4v) is 2.50. The van der Waals surface area contributed by atoms with Crippen LogP contribution < -0.4 is 0 Å². The second kappa shape index (κ2) is 5.61. The molecule has 1 aromatic rings. The number of hydrogen-bond donors (Lipinski definition) is 0. The summed E-state index contributed by atoms with van der Waals surface area (Å²) >= 11 is 0. The smallest absolute Gasteiger partial charge is 0.133 e. The number of carbonyl (C=O) groups is 1. The number of rotatable bonds is 4. The van der Waals surface area contributed by atoms with Gasteiger partial charge < -0.3 is 4.74 Å². The van der Waals surface area contributed by atoms with Crippen molar-refractivity contribution in [2.24, 2.45) is 0 Å². The van der Waals surface area contributed by atoms with Crippen molar-refractivity contribution in [3.8, 4) is 0 Å². The summed E-state index contributed by atoms with van der Waals surface area (Å²) in [7, 11) is 0. The Morgan fingerprint density at radius 2 is 1.83 bits per heavy atom. The molecule has 1 aliphatic rings. The van der Waals surface area contributed by atoms with Crippen molar-refractivity contribution in [2.75, 3.05) is 6.61 Å². The summed E-state index contributed by atoms with van der Waals surface area (Å²) in [5.41, 5.74) is 0.599. The summed E-state index contributed by atoms with van der Waals surface area (Å²) in [4.78, 5) is 11.4. The van der Waals surface area contributed by atoms with Crippen LogP contribution in [0.5, 0.6) is 0 Å². The molecule has 18 heavy (non-hydrogen) atoms. The van der Waals surface area contributed by atoms with Crippen LogP contribution >= 0.6 is 0 Å². The molecule has 3 heteroatoms. The van der Waals surface area contributed by atoms with Crippen LogP contribution in [-0.4, -0.2) is 12.4 Å². The van der Waals surface area contributed by atoms with Crippen LogP contribution in [0.3, 0.4) is 0 Å². The lowest BCUT2D eigenvalue weighted by molar-refractivity contribution is -0.130. The van der Waals surface area contributed by atoms with E-state index in [4.69, 9.17) is 4.74 Å². The van der Waals surface area contributed by atoms with E-state index in [0.717, 1.165) is 12.0 Å². The Kier molecular flexibility index (Phi) is 4.12.